The van der Waals surface area contributed by atoms with Crippen molar-refractivity contribution in [3.8, 4) is 17.2 Å². The van der Waals surface area contributed by atoms with Crippen LogP contribution in [0, 0.1) is 0 Å². The molecule has 20 heavy (non-hydrogen) atoms. The Bertz CT molecular complexity index is 463. The van der Waals surface area contributed by atoms with Gasteiger partial charge >= 0.3 is 0 Å². The number of carbonyl (C=O) groups excluding carboxylic acids is 1. The third-order valence-electron chi connectivity index (χ3n) is 3.07. The van der Waals surface area contributed by atoms with Gasteiger partial charge in [0.25, 0.3) is 0 Å². The Balaban J connectivity index is 2.96. The first-order valence-electron chi connectivity index (χ1n) is 6.37. The molecule has 0 aliphatic rings. The lowest BCUT2D eigenvalue weighted by Gasteiger charge is -2.19. The zero-order valence-corrected chi connectivity index (χ0v) is 12.1. The van der Waals surface area contributed by atoms with Gasteiger partial charge in [0, 0.05) is 18.0 Å². The Morgan fingerprint density at radius 3 is 2.30 bits per heavy atom. The Labute approximate surface area is 119 Å². The van der Waals surface area contributed by atoms with Crippen LogP contribution in [-0.4, -0.2) is 27.2 Å². The zero-order chi connectivity index (χ0) is 15.1. The molecule has 0 radical (unpaired) electrons. The fourth-order valence-corrected chi connectivity index (χ4v) is 2.07. The van der Waals surface area contributed by atoms with E-state index in [9.17, 15) is 4.79 Å². The van der Waals surface area contributed by atoms with Crippen LogP contribution >= 0.6 is 0 Å². The minimum atomic E-state index is -0.323. The Morgan fingerprint density at radius 2 is 1.80 bits per heavy atom. The van der Waals surface area contributed by atoms with Crippen LogP contribution in [0.1, 0.15) is 30.9 Å². The van der Waals surface area contributed by atoms with Crippen LogP contribution in [0.4, 0.5) is 0 Å². The van der Waals surface area contributed by atoms with Crippen LogP contribution in [0.2, 0.25) is 0 Å². The summed E-state index contributed by atoms with van der Waals surface area (Å²) >= 11 is 0. The van der Waals surface area contributed by atoms with Gasteiger partial charge in [-0.2, -0.15) is 0 Å². The van der Waals surface area contributed by atoms with E-state index in [4.69, 9.17) is 25.7 Å². The summed E-state index contributed by atoms with van der Waals surface area (Å²) in [7, 11) is 4.66. The molecular formula is C14H22N2O4. The molecule has 1 aromatic carbocycles. The second kappa shape index (κ2) is 7.59. The third kappa shape index (κ3) is 3.77. The van der Waals surface area contributed by atoms with Crippen LogP contribution in [0.25, 0.3) is 0 Å². The molecule has 0 saturated heterocycles. The summed E-state index contributed by atoms with van der Waals surface area (Å²) in [6.45, 7) is 0. The number of amides is 1. The van der Waals surface area contributed by atoms with Gasteiger partial charge in [0.2, 0.25) is 11.7 Å². The predicted molar refractivity (Wildman–Crippen MR) is 76.1 cm³/mol. The Morgan fingerprint density at radius 1 is 1.15 bits per heavy atom. The van der Waals surface area contributed by atoms with Crippen molar-refractivity contribution in [2.24, 2.45) is 11.5 Å². The number of nitrogens with two attached hydrogens (primary N) is 2. The van der Waals surface area contributed by atoms with E-state index >= 15 is 0 Å². The van der Waals surface area contributed by atoms with Crippen molar-refractivity contribution < 1.29 is 19.0 Å². The van der Waals surface area contributed by atoms with E-state index in [0.29, 0.717) is 36.5 Å². The molecule has 1 unspecified atom stereocenters. The molecule has 0 aliphatic heterocycles. The number of carbonyl (C=O) groups is 1. The number of methoxy groups -OCH3 is 3. The lowest BCUT2D eigenvalue weighted by atomic mass is 10.00. The number of primary amides is 1. The molecule has 0 spiro atoms. The van der Waals surface area contributed by atoms with Crippen LogP contribution in [0.5, 0.6) is 17.2 Å². The first kappa shape index (κ1) is 16.1. The third-order valence-corrected chi connectivity index (χ3v) is 3.07. The van der Waals surface area contributed by atoms with Crippen LogP contribution < -0.4 is 25.7 Å². The molecule has 112 valence electrons. The molecular weight excluding hydrogens is 260 g/mol. The lowest BCUT2D eigenvalue weighted by Crippen LogP contribution is -2.15. The Kier molecular flexibility index (Phi) is 6.11. The molecule has 1 aromatic rings. The summed E-state index contributed by atoms with van der Waals surface area (Å²) in [6, 6.07) is 3.36. The average molecular weight is 282 g/mol. The average Bonchev–Trinajstić information content (AvgIpc) is 2.44. The minimum absolute atomic E-state index is 0.260. The van der Waals surface area contributed by atoms with Gasteiger partial charge in [-0.05, 0) is 25.0 Å². The molecule has 4 N–H and O–H groups in total. The minimum Gasteiger partial charge on any atom is -0.493 e. The number of benzene rings is 1. The van der Waals surface area contributed by atoms with E-state index in [2.05, 4.69) is 0 Å². The maximum absolute atomic E-state index is 10.7. The molecule has 0 aromatic heterocycles. The maximum Gasteiger partial charge on any atom is 0.217 e. The first-order chi connectivity index (χ1) is 9.54. The summed E-state index contributed by atoms with van der Waals surface area (Å²) in [5, 5.41) is 0. The maximum atomic E-state index is 10.7. The SMILES string of the molecule is COc1ccc(C(N)CCCC(N)=O)c(OC)c1OC. The molecule has 6 heteroatoms. The fraction of sp³-hybridized carbons (Fsp3) is 0.500. The zero-order valence-electron chi connectivity index (χ0n) is 12.1. The fourth-order valence-electron chi connectivity index (χ4n) is 2.07. The van der Waals surface area contributed by atoms with Gasteiger partial charge in [-0.25, -0.2) is 0 Å². The van der Waals surface area contributed by atoms with Crippen molar-refractivity contribution in [1.29, 1.82) is 0 Å². The topological polar surface area (TPSA) is 96.8 Å². The van der Waals surface area contributed by atoms with Crippen molar-refractivity contribution in [3.63, 3.8) is 0 Å². The summed E-state index contributed by atoms with van der Waals surface area (Å²) in [6.07, 6.45) is 1.59. The number of rotatable bonds is 8. The Hall–Kier alpha value is -1.95. The molecule has 0 heterocycles. The van der Waals surface area contributed by atoms with E-state index < -0.39 is 0 Å². The normalized spacial score (nSPS) is 11.8. The smallest absolute Gasteiger partial charge is 0.217 e. The molecule has 1 rings (SSSR count). The summed E-state index contributed by atoms with van der Waals surface area (Å²) < 4.78 is 15.9. The van der Waals surface area contributed by atoms with Gasteiger partial charge in [-0.15, -0.1) is 0 Å². The van der Waals surface area contributed by atoms with Crippen molar-refractivity contribution in [2.75, 3.05) is 21.3 Å². The highest BCUT2D eigenvalue weighted by atomic mass is 16.5. The van der Waals surface area contributed by atoms with E-state index in [1.165, 1.54) is 0 Å². The lowest BCUT2D eigenvalue weighted by molar-refractivity contribution is -0.118. The van der Waals surface area contributed by atoms with Gasteiger partial charge in [0.15, 0.2) is 11.5 Å². The second-order valence-corrected chi connectivity index (χ2v) is 4.39. The molecule has 1 amide bonds. The van der Waals surface area contributed by atoms with Crippen molar-refractivity contribution in [1.82, 2.24) is 0 Å². The number of hydrogen-bond donors (Lipinski definition) is 2. The second-order valence-electron chi connectivity index (χ2n) is 4.39. The summed E-state index contributed by atoms with van der Waals surface area (Å²) in [5.41, 5.74) is 12.1. The highest BCUT2D eigenvalue weighted by Gasteiger charge is 2.19. The quantitative estimate of drug-likeness (QED) is 0.750. The van der Waals surface area contributed by atoms with Crippen LogP contribution in [0.3, 0.4) is 0 Å². The van der Waals surface area contributed by atoms with Crippen molar-refractivity contribution in [3.05, 3.63) is 17.7 Å². The van der Waals surface area contributed by atoms with E-state index in [0.717, 1.165) is 5.56 Å². The molecule has 0 bridgehead atoms. The number of hydrogen-bond acceptors (Lipinski definition) is 5. The first-order valence-corrected chi connectivity index (χ1v) is 6.37. The molecule has 0 aliphatic carbocycles. The van der Waals surface area contributed by atoms with Gasteiger partial charge in [-0.3, -0.25) is 4.79 Å². The van der Waals surface area contributed by atoms with Crippen molar-refractivity contribution in [2.45, 2.75) is 25.3 Å². The predicted octanol–water partition coefficient (Wildman–Crippen LogP) is 1.37. The standard InChI is InChI=1S/C14H22N2O4/c1-18-11-8-7-9(13(19-2)14(11)20-3)10(15)5-4-6-12(16)17/h7-8,10H,4-6,15H2,1-3H3,(H2,16,17). The molecule has 6 nitrogen and oxygen atoms in total. The summed E-state index contributed by atoms with van der Waals surface area (Å²) in [5.74, 6) is 1.32. The van der Waals surface area contributed by atoms with Crippen molar-refractivity contribution >= 4 is 5.91 Å². The highest BCUT2D eigenvalue weighted by Crippen LogP contribution is 2.42. The summed E-state index contributed by atoms with van der Waals surface area (Å²) in [4.78, 5) is 10.7. The van der Waals surface area contributed by atoms with Crippen LogP contribution in [-0.2, 0) is 4.79 Å². The van der Waals surface area contributed by atoms with Gasteiger partial charge < -0.3 is 25.7 Å². The van der Waals surface area contributed by atoms with E-state index in [-0.39, 0.29) is 11.9 Å². The van der Waals surface area contributed by atoms with Crippen LogP contribution in [0.15, 0.2) is 12.1 Å². The van der Waals surface area contributed by atoms with Gasteiger partial charge in [-0.1, -0.05) is 0 Å². The largest absolute Gasteiger partial charge is 0.493 e. The molecule has 1 atom stereocenters. The van der Waals surface area contributed by atoms with E-state index in [1.807, 2.05) is 6.07 Å². The van der Waals surface area contributed by atoms with Gasteiger partial charge in [0.05, 0.1) is 21.3 Å². The number of ether oxygens (including phenoxy) is 3. The van der Waals surface area contributed by atoms with Gasteiger partial charge in [0.1, 0.15) is 0 Å². The molecule has 0 fully saturated rings. The molecule has 0 saturated carbocycles. The highest BCUT2D eigenvalue weighted by molar-refractivity contribution is 5.73. The monoisotopic (exact) mass is 282 g/mol. The van der Waals surface area contributed by atoms with E-state index in [1.54, 1.807) is 27.4 Å².